The van der Waals surface area contributed by atoms with Gasteiger partial charge in [0.25, 0.3) is 5.91 Å². The summed E-state index contributed by atoms with van der Waals surface area (Å²) in [6.07, 6.45) is -0.179. The van der Waals surface area contributed by atoms with Crippen molar-refractivity contribution < 1.29 is 26.4 Å². The van der Waals surface area contributed by atoms with E-state index < -0.39 is 39.6 Å². The minimum atomic E-state index is -4.55. The highest BCUT2D eigenvalue weighted by molar-refractivity contribution is 7.90. The van der Waals surface area contributed by atoms with E-state index in [0.29, 0.717) is 17.5 Å². The number of aromatic nitrogens is 2. The van der Waals surface area contributed by atoms with Gasteiger partial charge in [-0.3, -0.25) is 9.48 Å². The molecule has 124 valence electrons. The van der Waals surface area contributed by atoms with Crippen LogP contribution in [0.15, 0.2) is 12.3 Å². The zero-order chi connectivity index (χ0) is 16.4. The Labute approximate surface area is 125 Å². The van der Waals surface area contributed by atoms with Crippen molar-refractivity contribution in [1.82, 2.24) is 14.5 Å². The number of hydrogen-bond donors (Lipinski definition) is 1. The lowest BCUT2D eigenvalue weighted by Crippen LogP contribution is -2.40. The number of carbonyl (C=O) groups excluding carboxylic acids is 1. The molecule has 22 heavy (non-hydrogen) atoms. The first-order valence-electron chi connectivity index (χ1n) is 6.83. The molecule has 0 atom stereocenters. The Kier molecular flexibility index (Phi) is 4.78. The predicted octanol–water partition coefficient (Wildman–Crippen LogP) is 1.84. The van der Waals surface area contributed by atoms with Crippen molar-refractivity contribution in [3.8, 4) is 0 Å². The van der Waals surface area contributed by atoms with Crippen LogP contribution in [0, 0.1) is 0 Å². The van der Waals surface area contributed by atoms with E-state index in [1.165, 1.54) is 0 Å². The molecule has 0 bridgehead atoms. The monoisotopic (exact) mass is 339 g/mol. The minimum Gasteiger partial charge on any atom is -0.266 e. The molecule has 1 aromatic heterocycles. The van der Waals surface area contributed by atoms with Crippen LogP contribution in [-0.4, -0.2) is 35.5 Å². The topological polar surface area (TPSA) is 81.1 Å². The molecule has 1 N–H and O–H groups in total. The molecule has 10 heteroatoms. The summed E-state index contributed by atoms with van der Waals surface area (Å²) in [7, 11) is -3.89. The van der Waals surface area contributed by atoms with Crippen molar-refractivity contribution in [2.75, 3.05) is 0 Å². The number of nitrogens with one attached hydrogen (secondary N) is 1. The maximum atomic E-state index is 12.4. The summed E-state index contributed by atoms with van der Waals surface area (Å²) in [5.74, 6) is -1.09. The molecule has 1 aliphatic carbocycles. The summed E-state index contributed by atoms with van der Waals surface area (Å²) in [6, 6.07) is 1.05. The molecule has 2 rings (SSSR count). The molecule has 1 heterocycles. The molecule has 0 aliphatic heterocycles. The van der Waals surface area contributed by atoms with E-state index in [1.54, 1.807) is 0 Å². The standard InChI is InChI=1S/C12H16F3N3O3S/c13-12(14,15)8-18-10(6-7-16-18)11(19)17-22(20,21)9-4-2-1-3-5-9/h6-7,9H,1-5,8H2,(H,17,19). The average molecular weight is 339 g/mol. The van der Waals surface area contributed by atoms with Crippen molar-refractivity contribution in [3.63, 3.8) is 0 Å². The molecule has 6 nitrogen and oxygen atoms in total. The Morgan fingerprint density at radius 1 is 1.32 bits per heavy atom. The molecular formula is C12H16F3N3O3S. The second kappa shape index (κ2) is 6.27. The second-order valence-corrected chi connectivity index (χ2v) is 7.19. The third-order valence-electron chi connectivity index (χ3n) is 3.50. The fourth-order valence-electron chi connectivity index (χ4n) is 2.46. The van der Waals surface area contributed by atoms with Crippen LogP contribution in [-0.2, 0) is 16.6 Å². The first-order valence-corrected chi connectivity index (χ1v) is 8.38. The molecule has 0 unspecified atom stereocenters. The molecule has 1 saturated carbocycles. The van der Waals surface area contributed by atoms with Crippen molar-refractivity contribution in [1.29, 1.82) is 0 Å². The van der Waals surface area contributed by atoms with Crippen LogP contribution in [0.4, 0.5) is 13.2 Å². The maximum absolute atomic E-state index is 12.4. The average Bonchev–Trinajstić information content (AvgIpc) is 2.85. The van der Waals surface area contributed by atoms with Crippen LogP contribution in [0.25, 0.3) is 0 Å². The van der Waals surface area contributed by atoms with Crippen LogP contribution >= 0.6 is 0 Å². The highest BCUT2D eigenvalue weighted by Gasteiger charge is 2.33. The number of alkyl halides is 3. The van der Waals surface area contributed by atoms with Crippen LogP contribution in [0.5, 0.6) is 0 Å². The van der Waals surface area contributed by atoms with Crippen molar-refractivity contribution in [2.45, 2.75) is 50.1 Å². The Hall–Kier alpha value is -1.58. The van der Waals surface area contributed by atoms with E-state index in [1.807, 2.05) is 4.72 Å². The van der Waals surface area contributed by atoms with Crippen LogP contribution < -0.4 is 4.72 Å². The maximum Gasteiger partial charge on any atom is 0.408 e. The van der Waals surface area contributed by atoms with Crippen molar-refractivity contribution in [3.05, 3.63) is 18.0 Å². The quantitative estimate of drug-likeness (QED) is 0.907. The number of halogens is 3. The molecule has 1 amide bonds. The van der Waals surface area contributed by atoms with Gasteiger partial charge in [-0.2, -0.15) is 18.3 Å². The third-order valence-corrected chi connectivity index (χ3v) is 5.32. The lowest BCUT2D eigenvalue weighted by Gasteiger charge is -2.21. The normalized spacial score (nSPS) is 17.4. The van der Waals surface area contributed by atoms with E-state index in [-0.39, 0.29) is 0 Å². The predicted molar refractivity (Wildman–Crippen MR) is 71.5 cm³/mol. The Balaban J connectivity index is 2.11. The highest BCUT2D eigenvalue weighted by Crippen LogP contribution is 2.23. The number of rotatable bonds is 4. The van der Waals surface area contributed by atoms with Crippen LogP contribution in [0.1, 0.15) is 42.6 Å². The van der Waals surface area contributed by atoms with E-state index in [0.717, 1.165) is 31.5 Å². The van der Waals surface area contributed by atoms with Crippen LogP contribution in [0.3, 0.4) is 0 Å². The first-order chi connectivity index (χ1) is 10.2. The lowest BCUT2D eigenvalue weighted by atomic mass is 10.0. The SMILES string of the molecule is O=C(NS(=O)(=O)C1CCCCC1)c1ccnn1CC(F)(F)F. The zero-order valence-electron chi connectivity index (χ0n) is 11.6. The number of amides is 1. The van der Waals surface area contributed by atoms with Crippen molar-refractivity contribution >= 4 is 15.9 Å². The summed E-state index contributed by atoms with van der Waals surface area (Å²) in [5, 5.41) is 2.73. The third kappa shape index (κ3) is 4.21. The zero-order valence-corrected chi connectivity index (χ0v) is 12.5. The number of nitrogens with zero attached hydrogens (tertiary/aromatic N) is 2. The van der Waals surface area contributed by atoms with Gasteiger partial charge in [-0.05, 0) is 18.9 Å². The number of sulfonamides is 1. The Morgan fingerprint density at radius 2 is 1.95 bits per heavy atom. The molecule has 1 aromatic rings. The van der Waals surface area contributed by atoms with Crippen LogP contribution in [0.2, 0.25) is 0 Å². The van der Waals surface area contributed by atoms with Gasteiger partial charge in [0.15, 0.2) is 0 Å². The van der Waals surface area contributed by atoms with E-state index in [4.69, 9.17) is 0 Å². The van der Waals surface area contributed by atoms with Gasteiger partial charge < -0.3 is 0 Å². The van der Waals surface area contributed by atoms with Gasteiger partial charge in [-0.1, -0.05) is 19.3 Å². The van der Waals surface area contributed by atoms with Gasteiger partial charge in [-0.25, -0.2) is 13.1 Å². The molecular weight excluding hydrogens is 323 g/mol. The largest absolute Gasteiger partial charge is 0.408 e. The van der Waals surface area contributed by atoms with Gasteiger partial charge in [0.1, 0.15) is 12.2 Å². The molecule has 0 radical (unpaired) electrons. The number of carbonyl (C=O) groups is 1. The van der Waals surface area contributed by atoms with Crippen molar-refractivity contribution in [2.24, 2.45) is 0 Å². The highest BCUT2D eigenvalue weighted by atomic mass is 32.2. The van der Waals surface area contributed by atoms with Gasteiger partial charge in [0.05, 0.1) is 5.25 Å². The van der Waals surface area contributed by atoms with Gasteiger partial charge in [-0.15, -0.1) is 0 Å². The smallest absolute Gasteiger partial charge is 0.266 e. The van der Waals surface area contributed by atoms with E-state index in [9.17, 15) is 26.4 Å². The van der Waals surface area contributed by atoms with Gasteiger partial charge in [0.2, 0.25) is 10.0 Å². The van der Waals surface area contributed by atoms with Gasteiger partial charge >= 0.3 is 6.18 Å². The summed E-state index contributed by atoms with van der Waals surface area (Å²) >= 11 is 0. The summed E-state index contributed by atoms with van der Waals surface area (Å²) in [4.78, 5) is 12.0. The fourth-order valence-corrected chi connectivity index (χ4v) is 3.95. The van der Waals surface area contributed by atoms with E-state index >= 15 is 0 Å². The molecule has 1 fully saturated rings. The molecule has 0 aromatic carbocycles. The summed E-state index contributed by atoms with van der Waals surface area (Å²) in [5.41, 5.74) is -0.434. The lowest BCUT2D eigenvalue weighted by molar-refractivity contribution is -0.142. The minimum absolute atomic E-state index is 0.434. The molecule has 1 aliphatic rings. The van der Waals surface area contributed by atoms with E-state index in [2.05, 4.69) is 5.10 Å². The Morgan fingerprint density at radius 3 is 2.55 bits per heavy atom. The summed E-state index contributed by atoms with van der Waals surface area (Å²) in [6.45, 7) is -1.45. The Bertz CT molecular complexity index is 634. The molecule has 0 saturated heterocycles. The summed E-state index contributed by atoms with van der Waals surface area (Å²) < 4.78 is 63.6. The van der Waals surface area contributed by atoms with Gasteiger partial charge in [0, 0.05) is 6.20 Å². The second-order valence-electron chi connectivity index (χ2n) is 5.23. The fraction of sp³-hybridized carbons (Fsp3) is 0.667. The molecule has 0 spiro atoms. The first kappa shape index (κ1) is 16.8. The number of hydrogen-bond acceptors (Lipinski definition) is 4.